The van der Waals surface area contributed by atoms with Crippen molar-refractivity contribution >= 4 is 17.5 Å². The van der Waals surface area contributed by atoms with Crippen molar-refractivity contribution in [1.29, 1.82) is 0 Å². The van der Waals surface area contributed by atoms with Crippen LogP contribution in [0.1, 0.15) is 12.0 Å². The predicted octanol–water partition coefficient (Wildman–Crippen LogP) is 0.0183. The lowest BCUT2D eigenvalue weighted by atomic mass is 9.80. The van der Waals surface area contributed by atoms with Crippen molar-refractivity contribution in [3.05, 3.63) is 42.5 Å². The van der Waals surface area contributed by atoms with Crippen LogP contribution in [0.5, 0.6) is 0 Å². The first-order valence-corrected chi connectivity index (χ1v) is 6.22. The van der Waals surface area contributed by atoms with Crippen LogP contribution in [-0.4, -0.2) is 33.7 Å². The van der Waals surface area contributed by atoms with Crippen molar-refractivity contribution in [3.8, 4) is 0 Å². The molecule has 7 heteroatoms. The number of amides is 2. The molecular formula is C13H11N5O2. The topological polar surface area (TPSA) is 71.3 Å². The van der Waals surface area contributed by atoms with Crippen LogP contribution < -0.4 is 9.91 Å². The van der Waals surface area contributed by atoms with Gasteiger partial charge in [0.25, 0.3) is 5.91 Å². The van der Waals surface area contributed by atoms with Gasteiger partial charge in [0, 0.05) is 18.3 Å². The zero-order valence-corrected chi connectivity index (χ0v) is 10.7. The molecule has 1 spiro atoms. The van der Waals surface area contributed by atoms with Crippen LogP contribution >= 0.6 is 0 Å². The number of anilines is 1. The molecule has 1 aromatic carbocycles. The Bertz CT molecular complexity index is 726. The van der Waals surface area contributed by atoms with Gasteiger partial charge in [-0.15, -0.1) is 10.2 Å². The van der Waals surface area contributed by atoms with E-state index in [2.05, 4.69) is 10.2 Å². The highest BCUT2D eigenvalue weighted by atomic mass is 16.2. The summed E-state index contributed by atoms with van der Waals surface area (Å²) in [7, 11) is 1.73. The second-order valence-electron chi connectivity index (χ2n) is 4.97. The summed E-state index contributed by atoms with van der Waals surface area (Å²) in [6, 6.07) is 7.53. The summed E-state index contributed by atoms with van der Waals surface area (Å²) < 4.78 is 1.47. The maximum absolute atomic E-state index is 12.7. The molecule has 0 N–H and O–H groups in total. The van der Waals surface area contributed by atoms with Gasteiger partial charge in [0.1, 0.15) is 12.7 Å². The molecule has 1 unspecified atom stereocenters. The van der Waals surface area contributed by atoms with Crippen LogP contribution in [0.3, 0.4) is 0 Å². The molecule has 0 aliphatic carbocycles. The lowest BCUT2D eigenvalue weighted by Crippen LogP contribution is -2.69. The Balaban J connectivity index is 1.93. The molecule has 7 nitrogen and oxygen atoms in total. The van der Waals surface area contributed by atoms with E-state index in [1.54, 1.807) is 11.9 Å². The Kier molecular flexibility index (Phi) is 1.92. The van der Waals surface area contributed by atoms with E-state index in [-0.39, 0.29) is 18.2 Å². The number of fused-ring (bicyclic) bond motifs is 2. The molecule has 0 bridgehead atoms. The van der Waals surface area contributed by atoms with E-state index in [0.717, 1.165) is 11.3 Å². The van der Waals surface area contributed by atoms with E-state index >= 15 is 0 Å². The van der Waals surface area contributed by atoms with Crippen LogP contribution in [0.15, 0.2) is 36.9 Å². The van der Waals surface area contributed by atoms with E-state index in [4.69, 9.17) is 0 Å². The van der Waals surface area contributed by atoms with E-state index < -0.39 is 5.54 Å². The third-order valence-corrected chi connectivity index (χ3v) is 4.01. The van der Waals surface area contributed by atoms with Crippen LogP contribution in [0.4, 0.5) is 5.69 Å². The molecule has 2 aromatic rings. The minimum Gasteiger partial charge on any atom is -0.313 e. The van der Waals surface area contributed by atoms with Gasteiger partial charge in [-0.3, -0.25) is 9.59 Å². The van der Waals surface area contributed by atoms with Crippen molar-refractivity contribution in [1.82, 2.24) is 14.9 Å². The zero-order valence-electron chi connectivity index (χ0n) is 10.7. The number of aromatic nitrogens is 3. The number of hydrogen-bond acceptors (Lipinski definition) is 4. The highest BCUT2D eigenvalue weighted by Crippen LogP contribution is 2.50. The standard InChI is InChI=1S/C13H11N5O2/c1-16-10-5-3-2-4-9(10)13(12(16)20)6-11(19)18(13)17-7-14-15-8-17/h2-5,7-8H,6H2,1H3. The van der Waals surface area contributed by atoms with Crippen molar-refractivity contribution in [2.45, 2.75) is 12.0 Å². The second kappa shape index (κ2) is 3.44. The van der Waals surface area contributed by atoms with E-state index in [9.17, 15) is 9.59 Å². The molecule has 4 rings (SSSR count). The van der Waals surface area contributed by atoms with Crippen LogP contribution in [0.2, 0.25) is 0 Å². The maximum atomic E-state index is 12.7. The van der Waals surface area contributed by atoms with Gasteiger partial charge >= 0.3 is 0 Å². The van der Waals surface area contributed by atoms with Crippen LogP contribution in [0.25, 0.3) is 0 Å². The van der Waals surface area contributed by atoms with Crippen molar-refractivity contribution < 1.29 is 9.59 Å². The monoisotopic (exact) mass is 269 g/mol. The maximum Gasteiger partial charge on any atom is 0.260 e. The Morgan fingerprint density at radius 1 is 1.15 bits per heavy atom. The fraction of sp³-hybridized carbons (Fsp3) is 0.231. The van der Waals surface area contributed by atoms with Crippen molar-refractivity contribution in [3.63, 3.8) is 0 Å². The van der Waals surface area contributed by atoms with E-state index in [0.29, 0.717) is 0 Å². The number of nitrogens with zero attached hydrogens (tertiary/aromatic N) is 5. The molecule has 0 radical (unpaired) electrons. The van der Waals surface area contributed by atoms with E-state index in [1.165, 1.54) is 22.3 Å². The van der Waals surface area contributed by atoms with Gasteiger partial charge < -0.3 is 4.90 Å². The smallest absolute Gasteiger partial charge is 0.260 e. The summed E-state index contributed by atoms with van der Waals surface area (Å²) >= 11 is 0. The summed E-state index contributed by atoms with van der Waals surface area (Å²) in [5, 5.41) is 8.84. The molecule has 20 heavy (non-hydrogen) atoms. The lowest BCUT2D eigenvalue weighted by Gasteiger charge is -2.47. The summed E-state index contributed by atoms with van der Waals surface area (Å²) in [4.78, 5) is 26.3. The van der Waals surface area contributed by atoms with Crippen molar-refractivity contribution in [2.75, 3.05) is 17.0 Å². The summed E-state index contributed by atoms with van der Waals surface area (Å²) in [5.41, 5.74) is 0.731. The van der Waals surface area contributed by atoms with Crippen LogP contribution in [-0.2, 0) is 15.1 Å². The molecule has 2 amide bonds. The lowest BCUT2D eigenvalue weighted by molar-refractivity contribution is -0.140. The summed E-state index contributed by atoms with van der Waals surface area (Å²) in [5.74, 6) is -0.227. The average Bonchev–Trinajstić information content (AvgIpc) is 3.02. The van der Waals surface area contributed by atoms with Gasteiger partial charge in [-0.2, -0.15) is 0 Å². The van der Waals surface area contributed by atoms with E-state index in [1.807, 2.05) is 24.3 Å². The first-order chi connectivity index (χ1) is 9.66. The Labute approximate surface area is 114 Å². The Morgan fingerprint density at radius 3 is 2.55 bits per heavy atom. The molecule has 0 saturated carbocycles. The molecule has 100 valence electrons. The minimum absolute atomic E-state index is 0.105. The largest absolute Gasteiger partial charge is 0.313 e. The first kappa shape index (κ1) is 11.2. The number of benzene rings is 1. The quantitative estimate of drug-likeness (QED) is 0.684. The number of carbonyl (C=O) groups excluding carboxylic acids is 2. The molecule has 1 aromatic heterocycles. The highest BCUT2D eigenvalue weighted by molar-refractivity contribution is 6.18. The van der Waals surface area contributed by atoms with Crippen LogP contribution in [0, 0.1) is 0 Å². The molecule has 2 aliphatic rings. The molecule has 3 heterocycles. The number of para-hydroxylation sites is 1. The average molecular weight is 269 g/mol. The zero-order chi connectivity index (χ0) is 13.9. The van der Waals surface area contributed by atoms with Gasteiger partial charge in [-0.05, 0) is 6.07 Å². The third kappa shape index (κ3) is 1.06. The molecular weight excluding hydrogens is 258 g/mol. The fourth-order valence-electron chi connectivity index (χ4n) is 3.11. The number of β-lactam (4-membered cyclic amide) rings is 1. The van der Waals surface area contributed by atoms with Crippen molar-refractivity contribution in [2.24, 2.45) is 0 Å². The van der Waals surface area contributed by atoms with Gasteiger partial charge in [0.15, 0.2) is 5.54 Å². The van der Waals surface area contributed by atoms with Gasteiger partial charge in [0.2, 0.25) is 5.91 Å². The summed E-state index contributed by atoms with van der Waals surface area (Å²) in [6.07, 6.45) is 3.02. The molecule has 2 aliphatic heterocycles. The van der Waals surface area contributed by atoms with Gasteiger partial charge in [0.05, 0.1) is 6.42 Å². The third-order valence-electron chi connectivity index (χ3n) is 4.01. The SMILES string of the molecule is CN1C(=O)C2(CC(=O)N2n2cnnc2)c2ccccc21. The Hall–Kier alpha value is -2.70. The highest BCUT2D eigenvalue weighted by Gasteiger charge is 2.64. The van der Waals surface area contributed by atoms with Gasteiger partial charge in [-0.1, -0.05) is 18.2 Å². The number of likely N-dealkylation sites (N-methyl/N-ethyl adjacent to an activating group) is 1. The van der Waals surface area contributed by atoms with Gasteiger partial charge in [-0.25, -0.2) is 9.69 Å². The molecule has 1 atom stereocenters. The molecule has 1 saturated heterocycles. The first-order valence-electron chi connectivity index (χ1n) is 6.22. The minimum atomic E-state index is -0.954. The number of hydrogen-bond donors (Lipinski definition) is 0. The Morgan fingerprint density at radius 2 is 1.85 bits per heavy atom. The number of rotatable bonds is 1. The number of carbonyl (C=O) groups is 2. The molecule has 1 fully saturated rings. The predicted molar refractivity (Wildman–Crippen MR) is 69.4 cm³/mol. The second-order valence-corrected chi connectivity index (χ2v) is 4.97. The summed E-state index contributed by atoms with van der Waals surface area (Å²) in [6.45, 7) is 0. The fourth-order valence-corrected chi connectivity index (χ4v) is 3.11. The normalized spacial score (nSPS) is 24.2.